The minimum Gasteiger partial charge on any atom is -0.339 e. The second kappa shape index (κ2) is 8.73. The molecule has 1 aromatic heterocycles. The lowest BCUT2D eigenvalue weighted by Crippen LogP contribution is -2.49. The number of rotatable bonds is 4. The first-order valence-electron chi connectivity index (χ1n) is 9.50. The van der Waals surface area contributed by atoms with E-state index in [9.17, 15) is 9.59 Å². The quantitative estimate of drug-likeness (QED) is 0.652. The number of piperidine rings is 1. The number of halogens is 1. The third kappa shape index (κ3) is 4.46. The second-order valence-electron chi connectivity index (χ2n) is 7.23. The van der Waals surface area contributed by atoms with E-state index in [2.05, 4.69) is 43.5 Å². The van der Waals surface area contributed by atoms with Gasteiger partial charge in [0.15, 0.2) is 0 Å². The highest BCUT2D eigenvalue weighted by molar-refractivity contribution is 9.10. The van der Waals surface area contributed by atoms with Crippen LogP contribution in [0, 0.1) is 5.92 Å². The van der Waals surface area contributed by atoms with Crippen molar-refractivity contribution < 1.29 is 9.59 Å². The van der Waals surface area contributed by atoms with Gasteiger partial charge in [-0.3, -0.25) is 9.59 Å². The number of benzene rings is 1. The van der Waals surface area contributed by atoms with Crippen molar-refractivity contribution in [3.63, 3.8) is 0 Å². The van der Waals surface area contributed by atoms with Gasteiger partial charge >= 0.3 is 0 Å². The molecule has 3 heterocycles. The lowest BCUT2D eigenvalue weighted by atomic mass is 9.95. The van der Waals surface area contributed by atoms with Crippen LogP contribution in [0.5, 0.6) is 0 Å². The molecular weight excluding hydrogens is 440 g/mol. The number of hydrazine groups is 1. The predicted molar refractivity (Wildman–Crippen MR) is 113 cm³/mol. The number of carbonyl (C=O) groups is 2. The monoisotopic (exact) mass is 462 g/mol. The maximum Gasteiger partial charge on any atom is 0.253 e. The number of amides is 2. The standard InChI is InChI=1S/C20H23BrN4O2S/c21-15-5-3-14(4-6-15)20(27)25-9-7-13(8-10-25)19(26)22-18-12-16(23-24-18)17-2-1-11-28-17/h1-6,11,13,16,18,23-24H,7-10,12H2,(H,22,26). The van der Waals surface area contributed by atoms with E-state index in [1.54, 1.807) is 11.3 Å². The van der Waals surface area contributed by atoms with Crippen molar-refractivity contribution in [1.82, 2.24) is 21.1 Å². The number of nitrogens with zero attached hydrogens (tertiary/aromatic N) is 1. The van der Waals surface area contributed by atoms with Gasteiger partial charge in [0.05, 0.1) is 12.2 Å². The van der Waals surface area contributed by atoms with Crippen LogP contribution in [0.2, 0.25) is 0 Å². The first-order chi connectivity index (χ1) is 13.6. The summed E-state index contributed by atoms with van der Waals surface area (Å²) in [4.78, 5) is 28.4. The molecule has 6 nitrogen and oxygen atoms in total. The fourth-order valence-corrected chi connectivity index (χ4v) is 4.79. The molecule has 0 spiro atoms. The molecule has 2 saturated heterocycles. The van der Waals surface area contributed by atoms with Crippen molar-refractivity contribution in [2.45, 2.75) is 31.5 Å². The van der Waals surface area contributed by atoms with E-state index >= 15 is 0 Å². The van der Waals surface area contributed by atoms with Gasteiger partial charge < -0.3 is 10.2 Å². The van der Waals surface area contributed by atoms with Crippen molar-refractivity contribution in [3.05, 3.63) is 56.7 Å². The number of nitrogens with one attached hydrogen (secondary N) is 3. The average molecular weight is 463 g/mol. The zero-order valence-electron chi connectivity index (χ0n) is 15.4. The molecule has 2 unspecified atom stereocenters. The minimum atomic E-state index is -0.0676. The molecule has 0 saturated carbocycles. The smallest absolute Gasteiger partial charge is 0.253 e. The zero-order chi connectivity index (χ0) is 19.5. The molecule has 8 heteroatoms. The van der Waals surface area contributed by atoms with Crippen LogP contribution in [0.1, 0.15) is 40.5 Å². The van der Waals surface area contributed by atoms with E-state index < -0.39 is 0 Å². The molecule has 3 N–H and O–H groups in total. The van der Waals surface area contributed by atoms with Crippen molar-refractivity contribution in [3.8, 4) is 0 Å². The van der Waals surface area contributed by atoms with E-state index in [-0.39, 0.29) is 29.9 Å². The van der Waals surface area contributed by atoms with Gasteiger partial charge in [-0.25, -0.2) is 10.9 Å². The van der Waals surface area contributed by atoms with Crippen molar-refractivity contribution in [2.75, 3.05) is 13.1 Å². The number of hydrogen-bond acceptors (Lipinski definition) is 5. The fraction of sp³-hybridized carbons (Fsp3) is 0.400. The Kier molecular flexibility index (Phi) is 6.10. The summed E-state index contributed by atoms with van der Waals surface area (Å²) in [5, 5.41) is 5.17. The topological polar surface area (TPSA) is 73.5 Å². The van der Waals surface area contributed by atoms with Gasteiger partial charge in [0.1, 0.15) is 0 Å². The summed E-state index contributed by atoms with van der Waals surface area (Å²) in [6.07, 6.45) is 2.15. The average Bonchev–Trinajstić information content (AvgIpc) is 3.40. The third-order valence-corrected chi connectivity index (χ3v) is 6.87. The van der Waals surface area contributed by atoms with Gasteiger partial charge in [-0.15, -0.1) is 11.3 Å². The summed E-state index contributed by atoms with van der Waals surface area (Å²) >= 11 is 5.10. The van der Waals surface area contributed by atoms with E-state index in [4.69, 9.17) is 0 Å². The van der Waals surface area contributed by atoms with Gasteiger partial charge in [0, 0.05) is 40.3 Å². The Labute approximate surface area is 176 Å². The lowest BCUT2D eigenvalue weighted by Gasteiger charge is -2.32. The first kappa shape index (κ1) is 19.6. The Morgan fingerprint density at radius 1 is 1.11 bits per heavy atom. The molecule has 0 aliphatic carbocycles. The molecule has 2 fully saturated rings. The van der Waals surface area contributed by atoms with Gasteiger partial charge in [0.25, 0.3) is 5.91 Å². The van der Waals surface area contributed by atoms with Crippen molar-refractivity contribution in [2.24, 2.45) is 5.92 Å². The van der Waals surface area contributed by atoms with Gasteiger partial charge in [-0.05, 0) is 48.6 Å². The summed E-state index contributed by atoms with van der Waals surface area (Å²) in [6.45, 7) is 1.22. The fourth-order valence-electron chi connectivity index (χ4n) is 3.74. The Morgan fingerprint density at radius 2 is 1.86 bits per heavy atom. The van der Waals surface area contributed by atoms with E-state index in [0.29, 0.717) is 31.5 Å². The zero-order valence-corrected chi connectivity index (χ0v) is 17.8. The van der Waals surface area contributed by atoms with E-state index in [1.165, 1.54) is 4.88 Å². The highest BCUT2D eigenvalue weighted by atomic mass is 79.9. The van der Waals surface area contributed by atoms with E-state index in [0.717, 1.165) is 10.9 Å². The molecule has 4 rings (SSSR count). The van der Waals surface area contributed by atoms with Gasteiger partial charge in [-0.2, -0.15) is 0 Å². The minimum absolute atomic E-state index is 0.0341. The summed E-state index contributed by atoms with van der Waals surface area (Å²) < 4.78 is 0.954. The van der Waals surface area contributed by atoms with E-state index in [1.807, 2.05) is 35.2 Å². The van der Waals surface area contributed by atoms with Crippen molar-refractivity contribution >= 4 is 39.1 Å². The molecular formula is C20H23BrN4O2S. The summed E-state index contributed by atoms with van der Waals surface area (Å²) in [5.41, 5.74) is 7.11. The number of hydrogen-bond donors (Lipinski definition) is 3. The van der Waals surface area contributed by atoms with Crippen molar-refractivity contribution in [1.29, 1.82) is 0 Å². The Balaban J connectivity index is 1.25. The maximum atomic E-state index is 12.6. The number of thiophene rings is 1. The lowest BCUT2D eigenvalue weighted by molar-refractivity contribution is -0.127. The van der Waals surface area contributed by atoms with Crippen LogP contribution >= 0.6 is 27.3 Å². The van der Waals surface area contributed by atoms with Crippen LogP contribution < -0.4 is 16.2 Å². The first-order valence-corrected chi connectivity index (χ1v) is 11.2. The number of likely N-dealkylation sites (tertiary alicyclic amines) is 1. The Bertz CT molecular complexity index is 819. The summed E-state index contributed by atoms with van der Waals surface area (Å²) in [5.74, 6) is 0.0604. The van der Waals surface area contributed by atoms with Gasteiger partial charge in [-0.1, -0.05) is 22.0 Å². The van der Waals surface area contributed by atoms with Crippen LogP contribution in [0.3, 0.4) is 0 Å². The molecule has 0 bridgehead atoms. The predicted octanol–water partition coefficient (Wildman–Crippen LogP) is 3.04. The second-order valence-corrected chi connectivity index (χ2v) is 9.12. The maximum absolute atomic E-state index is 12.6. The molecule has 2 aliphatic heterocycles. The molecule has 2 atom stereocenters. The SMILES string of the molecule is O=C(NC1CC(c2cccs2)NN1)C1CCN(C(=O)c2ccc(Br)cc2)CC1. The van der Waals surface area contributed by atoms with Crippen LogP contribution in [0.15, 0.2) is 46.3 Å². The van der Waals surface area contributed by atoms with Gasteiger partial charge in [0.2, 0.25) is 5.91 Å². The van der Waals surface area contributed by atoms with Crippen LogP contribution in [0.4, 0.5) is 0 Å². The highest BCUT2D eigenvalue weighted by Crippen LogP contribution is 2.26. The molecule has 148 valence electrons. The molecule has 1 aromatic carbocycles. The molecule has 2 amide bonds. The Hall–Kier alpha value is -1.74. The molecule has 2 aromatic rings. The largest absolute Gasteiger partial charge is 0.339 e. The Morgan fingerprint density at radius 3 is 2.54 bits per heavy atom. The summed E-state index contributed by atoms with van der Waals surface area (Å²) in [7, 11) is 0. The van der Waals surface area contributed by atoms with Crippen LogP contribution in [0.25, 0.3) is 0 Å². The summed E-state index contributed by atoms with van der Waals surface area (Å²) in [6, 6.07) is 11.8. The molecule has 2 aliphatic rings. The highest BCUT2D eigenvalue weighted by Gasteiger charge is 2.31. The number of carbonyl (C=O) groups excluding carboxylic acids is 2. The molecule has 0 radical (unpaired) electrons. The van der Waals surface area contributed by atoms with Crippen LogP contribution in [-0.2, 0) is 4.79 Å². The third-order valence-electron chi connectivity index (χ3n) is 5.35. The van der Waals surface area contributed by atoms with Crippen LogP contribution in [-0.4, -0.2) is 36.0 Å². The molecule has 28 heavy (non-hydrogen) atoms. The normalized spacial score (nSPS) is 23.0.